The predicted octanol–water partition coefficient (Wildman–Crippen LogP) is 1.89. The third-order valence-electron chi connectivity index (χ3n) is 2.76. The molecule has 0 unspecified atom stereocenters. The summed E-state index contributed by atoms with van der Waals surface area (Å²) < 4.78 is 13.2. The topological polar surface area (TPSA) is 76.1 Å². The maximum absolute atomic E-state index is 13.2. The van der Waals surface area contributed by atoms with Gasteiger partial charge in [0, 0.05) is 25.6 Å². The molecule has 2 rings (SSSR count). The number of rotatable bonds is 2. The monoisotopic (exact) mass is 288 g/mol. The van der Waals surface area contributed by atoms with E-state index in [-0.39, 0.29) is 5.82 Å². The summed E-state index contributed by atoms with van der Waals surface area (Å²) in [6.07, 6.45) is 3.92. The second-order valence-electron chi connectivity index (χ2n) is 4.43. The molecule has 0 radical (unpaired) electrons. The summed E-state index contributed by atoms with van der Waals surface area (Å²) in [5.41, 5.74) is 1.27. The minimum atomic E-state index is -0.481. The summed E-state index contributed by atoms with van der Waals surface area (Å²) in [6.45, 7) is 4.16. The summed E-state index contributed by atoms with van der Waals surface area (Å²) in [4.78, 5) is 36.1. The molecule has 108 valence electrons. The van der Waals surface area contributed by atoms with Gasteiger partial charge in [-0.3, -0.25) is 14.6 Å². The molecule has 7 heteroatoms. The minimum Gasteiger partial charge on any atom is -0.274 e. The Hall–Kier alpha value is -2.70. The van der Waals surface area contributed by atoms with Crippen LogP contribution in [0.1, 0.15) is 19.5 Å². The van der Waals surface area contributed by atoms with E-state index < -0.39 is 17.6 Å². The van der Waals surface area contributed by atoms with Crippen LogP contribution in [0.15, 0.2) is 24.7 Å². The zero-order valence-electron chi connectivity index (χ0n) is 11.8. The number of pyridine rings is 1. The highest BCUT2D eigenvalue weighted by Gasteiger charge is 2.20. The Bertz CT molecular complexity index is 704. The lowest BCUT2D eigenvalue weighted by Gasteiger charge is -2.17. The molecule has 2 amide bonds. The molecule has 2 aromatic rings. The van der Waals surface area contributed by atoms with E-state index in [4.69, 9.17) is 0 Å². The average Bonchev–Trinajstić information content (AvgIpc) is 2.40. The number of carbonyl (C=O) groups excluding carboxylic acids is 2. The number of aryl methyl sites for hydroxylation is 1. The standard InChI is InChI=1S/C14H13FN4O2/c1-8-14(19(9(2)20)10(3)21)17-7-13(18-8)11-4-12(15)6-16-5-11/h4-7H,1-3H3. The molecular weight excluding hydrogens is 275 g/mol. The van der Waals surface area contributed by atoms with Crippen molar-refractivity contribution in [1.82, 2.24) is 15.0 Å². The zero-order chi connectivity index (χ0) is 15.6. The molecule has 0 N–H and O–H groups in total. The Balaban J connectivity index is 2.46. The summed E-state index contributed by atoms with van der Waals surface area (Å²) in [7, 11) is 0. The SMILES string of the molecule is CC(=O)N(C(C)=O)c1ncc(-c2cncc(F)c2)nc1C. The van der Waals surface area contributed by atoms with E-state index in [1.54, 1.807) is 6.92 Å². The molecule has 0 spiro atoms. The number of amides is 2. The van der Waals surface area contributed by atoms with Crippen LogP contribution < -0.4 is 4.90 Å². The van der Waals surface area contributed by atoms with Crippen LogP contribution in [-0.2, 0) is 9.59 Å². The van der Waals surface area contributed by atoms with E-state index in [0.717, 1.165) is 11.1 Å². The molecule has 0 fully saturated rings. The number of aromatic nitrogens is 3. The maximum atomic E-state index is 13.2. The molecule has 21 heavy (non-hydrogen) atoms. The van der Waals surface area contributed by atoms with Crippen LogP contribution in [0.3, 0.4) is 0 Å². The Morgan fingerprint density at radius 3 is 2.33 bits per heavy atom. The van der Waals surface area contributed by atoms with Crippen molar-refractivity contribution in [3.63, 3.8) is 0 Å². The summed E-state index contributed by atoms with van der Waals surface area (Å²) in [5.74, 6) is -1.20. The fourth-order valence-corrected chi connectivity index (χ4v) is 1.91. The van der Waals surface area contributed by atoms with Gasteiger partial charge in [0.2, 0.25) is 11.8 Å². The quantitative estimate of drug-likeness (QED) is 0.843. The Labute approximate surface area is 120 Å². The molecule has 0 aromatic carbocycles. The second kappa shape index (κ2) is 5.74. The van der Waals surface area contributed by atoms with Crippen LogP contribution in [0, 0.1) is 12.7 Å². The van der Waals surface area contributed by atoms with Crippen molar-refractivity contribution in [2.45, 2.75) is 20.8 Å². The Morgan fingerprint density at radius 2 is 1.81 bits per heavy atom. The fraction of sp³-hybridized carbons (Fsp3) is 0.214. The molecule has 6 nitrogen and oxygen atoms in total. The normalized spacial score (nSPS) is 10.3. The van der Waals surface area contributed by atoms with E-state index in [2.05, 4.69) is 15.0 Å². The lowest BCUT2D eigenvalue weighted by Crippen LogP contribution is -2.34. The van der Waals surface area contributed by atoms with E-state index in [0.29, 0.717) is 17.0 Å². The highest BCUT2D eigenvalue weighted by atomic mass is 19.1. The second-order valence-corrected chi connectivity index (χ2v) is 4.43. The summed E-state index contributed by atoms with van der Waals surface area (Å²) >= 11 is 0. The molecule has 0 aliphatic carbocycles. The molecule has 2 aromatic heterocycles. The van der Waals surface area contributed by atoms with E-state index in [1.165, 1.54) is 32.3 Å². The van der Waals surface area contributed by atoms with E-state index >= 15 is 0 Å². The van der Waals surface area contributed by atoms with Gasteiger partial charge in [0.25, 0.3) is 0 Å². The van der Waals surface area contributed by atoms with Gasteiger partial charge < -0.3 is 0 Å². The van der Waals surface area contributed by atoms with Crippen molar-refractivity contribution in [3.8, 4) is 11.3 Å². The van der Waals surface area contributed by atoms with Crippen molar-refractivity contribution in [2.75, 3.05) is 4.90 Å². The van der Waals surface area contributed by atoms with Gasteiger partial charge in [-0.1, -0.05) is 0 Å². The van der Waals surface area contributed by atoms with Crippen LogP contribution in [-0.4, -0.2) is 26.8 Å². The molecule has 0 saturated carbocycles. The number of carbonyl (C=O) groups is 2. The third-order valence-corrected chi connectivity index (χ3v) is 2.76. The number of nitrogens with zero attached hydrogens (tertiary/aromatic N) is 4. The lowest BCUT2D eigenvalue weighted by molar-refractivity contribution is -0.124. The van der Waals surface area contributed by atoms with Crippen LogP contribution in [0.25, 0.3) is 11.3 Å². The molecule has 0 aliphatic rings. The fourth-order valence-electron chi connectivity index (χ4n) is 1.91. The number of imide groups is 1. The molecule has 0 aliphatic heterocycles. The first kappa shape index (κ1) is 14.7. The van der Waals surface area contributed by atoms with E-state index in [9.17, 15) is 14.0 Å². The van der Waals surface area contributed by atoms with Gasteiger partial charge in [-0.2, -0.15) is 0 Å². The van der Waals surface area contributed by atoms with Gasteiger partial charge >= 0.3 is 0 Å². The van der Waals surface area contributed by atoms with Crippen molar-refractivity contribution in [1.29, 1.82) is 0 Å². The number of halogens is 1. The van der Waals surface area contributed by atoms with E-state index in [1.807, 2.05) is 0 Å². The van der Waals surface area contributed by atoms with Crippen LogP contribution in [0.5, 0.6) is 0 Å². The first-order valence-electron chi connectivity index (χ1n) is 6.16. The highest BCUT2D eigenvalue weighted by Crippen LogP contribution is 2.21. The summed E-state index contributed by atoms with van der Waals surface area (Å²) in [6, 6.07) is 1.28. The smallest absolute Gasteiger partial charge is 0.231 e. The van der Waals surface area contributed by atoms with Crippen LogP contribution in [0.2, 0.25) is 0 Å². The highest BCUT2D eigenvalue weighted by molar-refractivity contribution is 6.12. The van der Waals surface area contributed by atoms with Crippen LogP contribution in [0.4, 0.5) is 10.2 Å². The number of anilines is 1. The van der Waals surface area contributed by atoms with Gasteiger partial charge in [-0.25, -0.2) is 19.3 Å². The Morgan fingerprint density at radius 1 is 1.14 bits per heavy atom. The van der Waals surface area contributed by atoms with Gasteiger partial charge in [-0.15, -0.1) is 0 Å². The summed E-state index contributed by atoms with van der Waals surface area (Å²) in [5, 5.41) is 0. The molecule has 0 saturated heterocycles. The van der Waals surface area contributed by atoms with Crippen molar-refractivity contribution >= 4 is 17.6 Å². The van der Waals surface area contributed by atoms with Crippen molar-refractivity contribution in [2.24, 2.45) is 0 Å². The zero-order valence-corrected chi connectivity index (χ0v) is 11.8. The lowest BCUT2D eigenvalue weighted by atomic mass is 10.2. The average molecular weight is 288 g/mol. The number of hydrogen-bond donors (Lipinski definition) is 0. The minimum absolute atomic E-state index is 0.170. The molecule has 0 bridgehead atoms. The van der Waals surface area contributed by atoms with Crippen molar-refractivity contribution in [3.05, 3.63) is 36.2 Å². The molecule has 0 atom stereocenters. The van der Waals surface area contributed by atoms with Gasteiger partial charge in [0.1, 0.15) is 5.82 Å². The van der Waals surface area contributed by atoms with Gasteiger partial charge in [-0.05, 0) is 13.0 Å². The number of hydrogen-bond acceptors (Lipinski definition) is 5. The Kier molecular flexibility index (Phi) is 4.02. The van der Waals surface area contributed by atoms with Gasteiger partial charge in [0.05, 0.1) is 23.8 Å². The first-order valence-corrected chi connectivity index (χ1v) is 6.16. The van der Waals surface area contributed by atoms with Crippen LogP contribution >= 0.6 is 0 Å². The molecular formula is C14H13FN4O2. The van der Waals surface area contributed by atoms with Gasteiger partial charge in [0.15, 0.2) is 5.82 Å². The third kappa shape index (κ3) is 3.07. The maximum Gasteiger partial charge on any atom is 0.231 e. The predicted molar refractivity (Wildman–Crippen MR) is 73.8 cm³/mol. The largest absolute Gasteiger partial charge is 0.274 e. The molecule has 2 heterocycles. The first-order chi connectivity index (χ1) is 9.90. The van der Waals surface area contributed by atoms with Crippen molar-refractivity contribution < 1.29 is 14.0 Å².